The molecule has 0 aliphatic carbocycles. The van der Waals surface area contributed by atoms with Crippen LogP contribution >= 0.6 is 22.9 Å². The Bertz CT molecular complexity index is 1290. The van der Waals surface area contributed by atoms with Gasteiger partial charge >= 0.3 is 0 Å². The van der Waals surface area contributed by atoms with Crippen LogP contribution in [-0.4, -0.2) is 32.2 Å². The van der Waals surface area contributed by atoms with Crippen LogP contribution in [0.15, 0.2) is 29.1 Å². The van der Waals surface area contributed by atoms with Gasteiger partial charge in [-0.3, -0.25) is 9.59 Å². The Labute approximate surface area is 168 Å². The molecule has 0 aliphatic rings. The first-order valence-corrected chi connectivity index (χ1v) is 9.56. The van der Waals surface area contributed by atoms with E-state index in [0.717, 1.165) is 10.7 Å². The first-order valence-electron chi connectivity index (χ1n) is 8.37. The molecular weight excluding hydrogens is 402 g/mol. The number of nitrogens with zero attached hydrogens (tertiary/aromatic N) is 4. The Balaban J connectivity index is 1.68. The number of hydrogen-bond acceptors (Lipinski definition) is 6. The molecule has 1 N–H and O–H groups in total. The molecule has 8 nitrogen and oxygen atoms in total. The quantitative estimate of drug-likeness (QED) is 0.551. The van der Waals surface area contributed by atoms with Gasteiger partial charge in [-0.05, 0) is 38.1 Å². The molecule has 0 atom stereocenters. The number of halogens is 1. The highest BCUT2D eigenvalue weighted by atomic mass is 35.5. The molecule has 4 rings (SSSR count). The third-order valence-corrected chi connectivity index (χ3v) is 5.41. The van der Waals surface area contributed by atoms with E-state index in [9.17, 15) is 9.59 Å². The number of benzene rings is 1. The lowest BCUT2D eigenvalue weighted by molar-refractivity contribution is -0.116. The van der Waals surface area contributed by atoms with Gasteiger partial charge in [0, 0.05) is 11.4 Å². The second-order valence-corrected chi connectivity index (χ2v) is 7.80. The number of carbonyl (C=O) groups is 1. The van der Waals surface area contributed by atoms with E-state index < -0.39 is 0 Å². The molecular formula is C18H16ClN5O3S. The average Bonchev–Trinajstić information content (AvgIpc) is 3.15. The maximum absolute atomic E-state index is 12.9. The summed E-state index contributed by atoms with van der Waals surface area (Å²) in [6.45, 7) is 3.61. The molecule has 0 spiro atoms. The Morgan fingerprint density at radius 3 is 2.82 bits per heavy atom. The minimum Gasteiger partial charge on any atom is -0.495 e. The van der Waals surface area contributed by atoms with Crippen LogP contribution in [0.1, 0.15) is 10.7 Å². The summed E-state index contributed by atoms with van der Waals surface area (Å²) in [6, 6.07) is 6.77. The van der Waals surface area contributed by atoms with Crippen molar-refractivity contribution >= 4 is 50.5 Å². The highest BCUT2D eigenvalue weighted by molar-refractivity contribution is 7.16. The third kappa shape index (κ3) is 3.12. The largest absolute Gasteiger partial charge is 0.495 e. The van der Waals surface area contributed by atoms with Crippen molar-refractivity contribution in [2.75, 3.05) is 12.4 Å². The summed E-state index contributed by atoms with van der Waals surface area (Å²) in [6.07, 6.45) is 0. The van der Waals surface area contributed by atoms with Crippen molar-refractivity contribution in [3.05, 3.63) is 50.3 Å². The molecule has 1 aromatic carbocycles. The van der Waals surface area contributed by atoms with E-state index in [0.29, 0.717) is 32.5 Å². The number of carbonyl (C=O) groups excluding carboxylic acids is 1. The van der Waals surface area contributed by atoms with E-state index in [1.807, 2.05) is 13.8 Å². The summed E-state index contributed by atoms with van der Waals surface area (Å²) >= 11 is 7.44. The zero-order valence-corrected chi connectivity index (χ0v) is 16.9. The van der Waals surface area contributed by atoms with Crippen molar-refractivity contribution in [2.45, 2.75) is 20.4 Å². The van der Waals surface area contributed by atoms with Gasteiger partial charge in [-0.25, -0.2) is 4.98 Å². The van der Waals surface area contributed by atoms with Crippen molar-refractivity contribution < 1.29 is 9.53 Å². The normalized spacial score (nSPS) is 11.3. The average molecular weight is 418 g/mol. The van der Waals surface area contributed by atoms with Crippen molar-refractivity contribution in [3.63, 3.8) is 0 Å². The van der Waals surface area contributed by atoms with E-state index >= 15 is 0 Å². The van der Waals surface area contributed by atoms with Crippen LogP contribution in [0.4, 0.5) is 5.69 Å². The number of anilines is 1. The number of aromatic nitrogens is 4. The molecule has 3 heterocycles. The Morgan fingerprint density at radius 2 is 2.11 bits per heavy atom. The van der Waals surface area contributed by atoms with Crippen molar-refractivity contribution in [1.29, 1.82) is 0 Å². The number of amides is 1. The summed E-state index contributed by atoms with van der Waals surface area (Å²) in [5.41, 5.74) is 1.90. The van der Waals surface area contributed by atoms with Gasteiger partial charge in [0.15, 0.2) is 0 Å². The van der Waals surface area contributed by atoms with Gasteiger partial charge in [-0.2, -0.15) is 9.61 Å². The first kappa shape index (κ1) is 18.5. The molecule has 0 unspecified atom stereocenters. The lowest BCUT2D eigenvalue weighted by Gasteiger charge is -2.10. The van der Waals surface area contributed by atoms with E-state index in [1.54, 1.807) is 28.8 Å². The molecule has 4 aromatic rings. The zero-order valence-electron chi connectivity index (χ0n) is 15.3. The Morgan fingerprint density at radius 1 is 1.32 bits per heavy atom. The molecule has 0 saturated carbocycles. The topological polar surface area (TPSA) is 90.5 Å². The highest BCUT2D eigenvalue weighted by Crippen LogP contribution is 2.27. The molecule has 3 aromatic heterocycles. The lowest BCUT2D eigenvalue weighted by Crippen LogP contribution is -2.23. The lowest BCUT2D eigenvalue weighted by atomic mass is 10.3. The molecule has 0 radical (unpaired) electrons. The summed E-state index contributed by atoms with van der Waals surface area (Å²) in [7, 11) is 1.52. The number of rotatable bonds is 4. The second-order valence-electron chi connectivity index (χ2n) is 6.24. The fourth-order valence-corrected chi connectivity index (χ4v) is 4.04. The predicted molar refractivity (Wildman–Crippen MR) is 109 cm³/mol. The van der Waals surface area contributed by atoms with Crippen LogP contribution in [0.2, 0.25) is 5.02 Å². The minimum absolute atomic E-state index is 0.0366. The molecule has 28 heavy (non-hydrogen) atoms. The van der Waals surface area contributed by atoms with Crippen LogP contribution in [0.25, 0.3) is 16.0 Å². The summed E-state index contributed by atoms with van der Waals surface area (Å²) in [4.78, 5) is 30.5. The number of fused-ring (bicyclic) bond motifs is 2. The van der Waals surface area contributed by atoms with E-state index in [1.165, 1.54) is 23.0 Å². The smallest absolute Gasteiger partial charge is 0.299 e. The van der Waals surface area contributed by atoms with Gasteiger partial charge in [0.05, 0.1) is 17.6 Å². The van der Waals surface area contributed by atoms with Gasteiger partial charge in [0.1, 0.15) is 22.8 Å². The van der Waals surface area contributed by atoms with E-state index in [-0.39, 0.29) is 18.0 Å². The molecule has 10 heteroatoms. The fraction of sp³-hybridized carbons (Fsp3) is 0.222. The molecule has 0 fully saturated rings. The summed E-state index contributed by atoms with van der Waals surface area (Å²) in [5.74, 6) is 0.231. The number of nitrogens with one attached hydrogen (secondary N) is 1. The van der Waals surface area contributed by atoms with Crippen LogP contribution in [0.3, 0.4) is 0 Å². The number of hydrogen-bond donors (Lipinski definition) is 1. The first-order chi connectivity index (χ1) is 13.4. The van der Waals surface area contributed by atoms with Crippen LogP contribution in [0.5, 0.6) is 5.75 Å². The van der Waals surface area contributed by atoms with E-state index in [4.69, 9.17) is 16.3 Å². The molecule has 1 amide bonds. The number of methoxy groups -OCH3 is 1. The predicted octanol–water partition coefficient (Wildman–Crippen LogP) is 3.02. The van der Waals surface area contributed by atoms with Gasteiger partial charge < -0.3 is 14.6 Å². The standard InChI is InChI=1S/C18H16ClN5O3S/c1-9-6-13-16(17(26)24-18(21-13)28-10(2)22-24)23(9)8-15(25)20-11-4-5-14(27-3)12(19)7-11/h4-7H,8H2,1-3H3,(H,20,25). The number of aryl methyl sites for hydroxylation is 2. The Hall–Kier alpha value is -2.91. The summed E-state index contributed by atoms with van der Waals surface area (Å²) in [5, 5.41) is 8.13. The number of ether oxygens (including phenoxy) is 1. The monoisotopic (exact) mass is 417 g/mol. The minimum atomic E-state index is -0.294. The van der Waals surface area contributed by atoms with Gasteiger partial charge in [0.25, 0.3) is 5.56 Å². The van der Waals surface area contributed by atoms with Gasteiger partial charge in [-0.15, -0.1) is 0 Å². The molecule has 0 bridgehead atoms. The van der Waals surface area contributed by atoms with Crippen molar-refractivity contribution in [1.82, 2.24) is 19.2 Å². The van der Waals surface area contributed by atoms with Crippen LogP contribution in [0, 0.1) is 13.8 Å². The maximum Gasteiger partial charge on any atom is 0.299 e. The second kappa shape index (κ2) is 6.92. The highest BCUT2D eigenvalue weighted by Gasteiger charge is 2.17. The van der Waals surface area contributed by atoms with Crippen molar-refractivity contribution in [3.8, 4) is 5.75 Å². The molecule has 0 saturated heterocycles. The third-order valence-electron chi connectivity index (χ3n) is 4.29. The Kier molecular flexibility index (Phi) is 4.56. The SMILES string of the molecule is COc1ccc(NC(=O)Cn2c(C)cc3nc4sc(C)nn4c(=O)c32)cc1Cl. The molecule has 144 valence electrons. The van der Waals surface area contributed by atoms with Crippen LogP contribution in [-0.2, 0) is 11.3 Å². The summed E-state index contributed by atoms with van der Waals surface area (Å²) < 4.78 is 8.03. The fourth-order valence-electron chi connectivity index (χ4n) is 3.05. The van der Waals surface area contributed by atoms with Crippen LogP contribution < -0.4 is 15.6 Å². The maximum atomic E-state index is 12.9. The van der Waals surface area contributed by atoms with Gasteiger partial charge in [-0.1, -0.05) is 22.9 Å². The zero-order chi connectivity index (χ0) is 20.0. The van der Waals surface area contributed by atoms with Gasteiger partial charge in [0.2, 0.25) is 10.9 Å². The van der Waals surface area contributed by atoms with E-state index in [2.05, 4.69) is 15.4 Å². The molecule has 0 aliphatic heterocycles. The van der Waals surface area contributed by atoms with Crippen molar-refractivity contribution in [2.24, 2.45) is 0 Å².